The molecule has 31 heavy (non-hydrogen) atoms. The van der Waals surface area contributed by atoms with Gasteiger partial charge in [-0.25, -0.2) is 9.59 Å². The van der Waals surface area contributed by atoms with Crippen LogP contribution in [0, 0.1) is 16.7 Å². The highest BCUT2D eigenvalue weighted by Crippen LogP contribution is 2.35. The number of benzene rings is 1. The normalized spacial score (nSPS) is 18.0. The van der Waals surface area contributed by atoms with Gasteiger partial charge in [0, 0.05) is 32.6 Å². The molecule has 1 N–H and O–H groups in total. The van der Waals surface area contributed by atoms with E-state index in [2.05, 4.69) is 6.07 Å². The number of fused-ring (bicyclic) bond motifs is 1. The molecule has 0 spiro atoms. The van der Waals surface area contributed by atoms with E-state index in [1.54, 1.807) is 4.90 Å². The van der Waals surface area contributed by atoms with E-state index in [0.717, 1.165) is 11.1 Å². The highest BCUT2D eigenvalue weighted by atomic mass is 16.6. The first-order valence-electron chi connectivity index (χ1n) is 10.7. The fourth-order valence-corrected chi connectivity index (χ4v) is 4.01. The van der Waals surface area contributed by atoms with Crippen LogP contribution in [0.2, 0.25) is 0 Å². The van der Waals surface area contributed by atoms with E-state index in [0.29, 0.717) is 64.2 Å². The number of likely N-dealkylation sites (tertiary alicyclic amines) is 1. The number of piperidine rings is 1. The van der Waals surface area contributed by atoms with Gasteiger partial charge in [0.05, 0.1) is 18.1 Å². The molecule has 0 saturated carbocycles. The molecular formula is C23H31N3O5. The molecule has 3 rings (SSSR count). The van der Waals surface area contributed by atoms with Gasteiger partial charge in [-0.3, -0.25) is 0 Å². The van der Waals surface area contributed by atoms with Gasteiger partial charge >= 0.3 is 12.2 Å². The van der Waals surface area contributed by atoms with Crippen molar-refractivity contribution in [3.05, 3.63) is 29.3 Å². The van der Waals surface area contributed by atoms with E-state index in [1.165, 1.54) is 4.90 Å². The molecule has 2 amide bonds. The number of carbonyl (C=O) groups is 2. The Bertz CT molecular complexity index is 863. The smallest absolute Gasteiger partial charge is 0.410 e. The van der Waals surface area contributed by atoms with Crippen molar-refractivity contribution in [3.63, 3.8) is 0 Å². The third kappa shape index (κ3) is 5.81. The topological polar surface area (TPSA) is 103 Å². The summed E-state index contributed by atoms with van der Waals surface area (Å²) >= 11 is 0. The Balaban J connectivity index is 1.52. The standard InChI is InChI=1S/C23H31N3O5/c1-22(2,3)31-21(29)25-11-7-23(16-24,8-12-25)9-13-30-19-5-4-17-6-10-26(20(27)28)15-18(17)14-19/h4-5,14H,6-13,15H2,1-3H3,(H,27,28). The third-order valence-corrected chi connectivity index (χ3v) is 5.92. The van der Waals surface area contributed by atoms with E-state index in [9.17, 15) is 20.0 Å². The lowest BCUT2D eigenvalue weighted by atomic mass is 9.77. The summed E-state index contributed by atoms with van der Waals surface area (Å²) in [5.41, 5.74) is 1.05. The van der Waals surface area contributed by atoms with Gasteiger partial charge in [0.25, 0.3) is 0 Å². The van der Waals surface area contributed by atoms with E-state index in [4.69, 9.17) is 9.47 Å². The third-order valence-electron chi connectivity index (χ3n) is 5.92. The number of carbonyl (C=O) groups excluding carboxylic acids is 1. The Labute approximate surface area is 183 Å². The maximum atomic E-state index is 12.3. The minimum atomic E-state index is -0.911. The minimum Gasteiger partial charge on any atom is -0.494 e. The van der Waals surface area contributed by atoms with Crippen LogP contribution in [-0.4, -0.2) is 58.9 Å². The molecule has 1 saturated heterocycles. The number of nitrogens with zero attached hydrogens (tertiary/aromatic N) is 3. The summed E-state index contributed by atoms with van der Waals surface area (Å²) in [5, 5.41) is 19.0. The number of amides is 2. The molecule has 0 bridgehead atoms. The maximum Gasteiger partial charge on any atom is 0.410 e. The first kappa shape index (κ1) is 22.7. The van der Waals surface area contributed by atoms with Crippen LogP contribution in [0.5, 0.6) is 5.75 Å². The molecule has 1 aromatic carbocycles. The van der Waals surface area contributed by atoms with Gasteiger partial charge in [-0.2, -0.15) is 5.26 Å². The van der Waals surface area contributed by atoms with Crippen molar-refractivity contribution in [1.29, 1.82) is 5.26 Å². The molecule has 8 nitrogen and oxygen atoms in total. The molecule has 2 heterocycles. The van der Waals surface area contributed by atoms with Gasteiger partial charge in [-0.15, -0.1) is 0 Å². The molecule has 8 heteroatoms. The molecule has 1 aromatic rings. The summed E-state index contributed by atoms with van der Waals surface area (Å²) in [7, 11) is 0. The zero-order chi connectivity index (χ0) is 22.6. The van der Waals surface area contributed by atoms with Crippen LogP contribution >= 0.6 is 0 Å². The quantitative estimate of drug-likeness (QED) is 0.775. The Morgan fingerprint density at radius 1 is 1.16 bits per heavy atom. The predicted octanol–water partition coefficient (Wildman–Crippen LogP) is 4.03. The Hall–Kier alpha value is -2.95. The number of carboxylic acid groups (broad SMARTS) is 1. The van der Waals surface area contributed by atoms with Gasteiger partial charge in [0.1, 0.15) is 11.4 Å². The van der Waals surface area contributed by atoms with Gasteiger partial charge in [-0.1, -0.05) is 6.07 Å². The van der Waals surface area contributed by atoms with Crippen LogP contribution in [0.15, 0.2) is 18.2 Å². The predicted molar refractivity (Wildman–Crippen MR) is 114 cm³/mol. The molecule has 1 fully saturated rings. The average molecular weight is 430 g/mol. The Morgan fingerprint density at radius 2 is 1.87 bits per heavy atom. The monoisotopic (exact) mass is 429 g/mol. The maximum absolute atomic E-state index is 12.3. The second-order valence-electron chi connectivity index (χ2n) is 9.34. The summed E-state index contributed by atoms with van der Waals surface area (Å²) in [4.78, 5) is 26.5. The molecule has 0 unspecified atom stereocenters. The van der Waals surface area contributed by atoms with Crippen molar-refractivity contribution in [3.8, 4) is 11.8 Å². The average Bonchev–Trinajstić information content (AvgIpc) is 2.72. The first-order chi connectivity index (χ1) is 14.6. The molecule has 168 valence electrons. The number of hydrogen-bond acceptors (Lipinski definition) is 5. The molecule has 2 aliphatic heterocycles. The van der Waals surface area contributed by atoms with Crippen LogP contribution in [0.25, 0.3) is 0 Å². The summed E-state index contributed by atoms with van der Waals surface area (Å²) in [6.45, 7) is 7.77. The molecule has 0 radical (unpaired) electrons. The zero-order valence-electron chi connectivity index (χ0n) is 18.5. The molecular weight excluding hydrogens is 398 g/mol. The van der Waals surface area contributed by atoms with Crippen molar-refractivity contribution >= 4 is 12.2 Å². The number of ether oxygens (including phenoxy) is 2. The lowest BCUT2D eigenvalue weighted by Gasteiger charge is -2.37. The van der Waals surface area contributed by atoms with Crippen molar-refractivity contribution in [1.82, 2.24) is 9.80 Å². The van der Waals surface area contributed by atoms with Gasteiger partial charge < -0.3 is 24.4 Å². The van der Waals surface area contributed by atoms with E-state index in [-0.39, 0.29) is 6.09 Å². The SMILES string of the molecule is CC(C)(C)OC(=O)N1CCC(C#N)(CCOc2ccc3c(c2)CN(C(=O)O)CC3)CC1. The summed E-state index contributed by atoms with van der Waals surface area (Å²) < 4.78 is 11.3. The molecule has 2 aliphatic rings. The van der Waals surface area contributed by atoms with Crippen LogP contribution in [0.1, 0.15) is 51.2 Å². The first-order valence-corrected chi connectivity index (χ1v) is 10.7. The second-order valence-corrected chi connectivity index (χ2v) is 9.34. The number of nitriles is 1. The van der Waals surface area contributed by atoms with Crippen LogP contribution in [0.3, 0.4) is 0 Å². The summed E-state index contributed by atoms with van der Waals surface area (Å²) in [6, 6.07) is 8.24. The van der Waals surface area contributed by atoms with E-state index in [1.807, 2.05) is 39.0 Å². The van der Waals surface area contributed by atoms with E-state index < -0.39 is 17.1 Å². The molecule has 0 atom stereocenters. The summed E-state index contributed by atoms with van der Waals surface area (Å²) in [6.07, 6.45) is 1.20. The highest BCUT2D eigenvalue weighted by Gasteiger charge is 2.37. The van der Waals surface area contributed by atoms with E-state index >= 15 is 0 Å². The van der Waals surface area contributed by atoms with Gasteiger partial charge in [0.15, 0.2) is 0 Å². The minimum absolute atomic E-state index is 0.334. The van der Waals surface area contributed by atoms with Gasteiger partial charge in [0.2, 0.25) is 0 Å². The Kier molecular flexibility index (Phi) is 6.63. The number of rotatable bonds is 4. The van der Waals surface area contributed by atoms with Crippen molar-refractivity contribution in [2.45, 2.75) is 58.6 Å². The van der Waals surface area contributed by atoms with Crippen molar-refractivity contribution < 1.29 is 24.2 Å². The van der Waals surface area contributed by atoms with Crippen LogP contribution < -0.4 is 4.74 Å². The fraction of sp³-hybridized carbons (Fsp3) is 0.609. The van der Waals surface area contributed by atoms with Crippen molar-refractivity contribution in [2.24, 2.45) is 5.41 Å². The van der Waals surface area contributed by atoms with Crippen LogP contribution in [-0.2, 0) is 17.7 Å². The van der Waals surface area contributed by atoms with Crippen molar-refractivity contribution in [2.75, 3.05) is 26.2 Å². The largest absolute Gasteiger partial charge is 0.494 e. The Morgan fingerprint density at radius 3 is 2.48 bits per heavy atom. The van der Waals surface area contributed by atoms with Gasteiger partial charge in [-0.05, 0) is 63.3 Å². The second kappa shape index (κ2) is 9.04. The lowest BCUT2D eigenvalue weighted by Crippen LogP contribution is -2.45. The summed E-state index contributed by atoms with van der Waals surface area (Å²) in [5.74, 6) is 0.685. The molecule has 0 aromatic heterocycles. The molecule has 0 aliphatic carbocycles. The fourth-order valence-electron chi connectivity index (χ4n) is 4.01. The zero-order valence-corrected chi connectivity index (χ0v) is 18.5. The number of hydrogen-bond donors (Lipinski definition) is 1. The highest BCUT2D eigenvalue weighted by molar-refractivity contribution is 5.68. The van der Waals surface area contributed by atoms with Crippen LogP contribution in [0.4, 0.5) is 9.59 Å². The lowest BCUT2D eigenvalue weighted by molar-refractivity contribution is 0.0134.